The molecule has 0 spiro atoms. The van der Waals surface area contributed by atoms with Crippen molar-refractivity contribution in [3.63, 3.8) is 0 Å². The fourth-order valence-electron chi connectivity index (χ4n) is 5.39. The van der Waals surface area contributed by atoms with Gasteiger partial charge in [0.1, 0.15) is 6.10 Å². The lowest BCUT2D eigenvalue weighted by Gasteiger charge is -2.52. The molecule has 0 aromatic rings. The largest absolute Gasteiger partial charge is 0.366 e. The number of ketones is 1. The molecule has 2 bridgehead atoms. The van der Waals surface area contributed by atoms with E-state index in [4.69, 9.17) is 27.9 Å². The minimum absolute atomic E-state index is 0.0737. The van der Waals surface area contributed by atoms with E-state index in [0.717, 1.165) is 19.3 Å². The van der Waals surface area contributed by atoms with Gasteiger partial charge in [-0.05, 0) is 49.9 Å². The van der Waals surface area contributed by atoms with Crippen molar-refractivity contribution in [3.05, 3.63) is 0 Å². The Labute approximate surface area is 183 Å². The van der Waals surface area contributed by atoms with Crippen LogP contribution in [-0.4, -0.2) is 22.3 Å². The summed E-state index contributed by atoms with van der Waals surface area (Å²) in [5, 5.41) is 0. The highest BCUT2D eigenvalue weighted by molar-refractivity contribution is 6.58. The SMILES string of the molecule is CCCCCCC1CC2C(CCCCCC)CC1OC2C(=O)C(Cl)(Cl)CCC. The monoisotopic (exact) mass is 432 g/mol. The van der Waals surface area contributed by atoms with Gasteiger partial charge in [0.15, 0.2) is 10.1 Å². The Bertz CT molecular complexity index is 466. The van der Waals surface area contributed by atoms with Gasteiger partial charge in [-0.1, -0.05) is 102 Å². The van der Waals surface area contributed by atoms with Crippen LogP contribution in [0.15, 0.2) is 0 Å². The zero-order valence-electron chi connectivity index (χ0n) is 18.4. The molecule has 2 heterocycles. The number of ether oxygens (including phenoxy) is 1. The highest BCUT2D eigenvalue weighted by atomic mass is 35.5. The van der Waals surface area contributed by atoms with Crippen molar-refractivity contribution >= 4 is 29.0 Å². The van der Waals surface area contributed by atoms with E-state index in [0.29, 0.717) is 24.2 Å². The number of rotatable bonds is 14. The van der Waals surface area contributed by atoms with Crippen LogP contribution in [0.3, 0.4) is 0 Å². The molecule has 3 fully saturated rings. The minimum Gasteiger partial charge on any atom is -0.366 e. The molecule has 4 heteroatoms. The molecule has 0 amide bonds. The van der Waals surface area contributed by atoms with Gasteiger partial charge < -0.3 is 4.74 Å². The molecule has 3 aliphatic rings. The van der Waals surface area contributed by atoms with E-state index in [-0.39, 0.29) is 18.0 Å². The van der Waals surface area contributed by atoms with Gasteiger partial charge in [-0.2, -0.15) is 0 Å². The number of carbonyl (C=O) groups is 1. The number of halogens is 2. The van der Waals surface area contributed by atoms with Gasteiger partial charge in [0, 0.05) is 0 Å². The Morgan fingerprint density at radius 1 is 0.857 bits per heavy atom. The zero-order chi connectivity index (χ0) is 20.6. The van der Waals surface area contributed by atoms with Crippen LogP contribution in [-0.2, 0) is 9.53 Å². The normalized spacial score (nSPS) is 30.0. The average molecular weight is 434 g/mol. The molecule has 5 unspecified atom stereocenters. The second kappa shape index (κ2) is 12.2. The number of unbranched alkanes of at least 4 members (excludes halogenated alkanes) is 6. The zero-order valence-corrected chi connectivity index (χ0v) is 19.9. The van der Waals surface area contributed by atoms with Gasteiger partial charge in [-0.3, -0.25) is 4.79 Å². The van der Waals surface area contributed by atoms with Gasteiger partial charge in [0.2, 0.25) is 0 Å². The van der Waals surface area contributed by atoms with E-state index in [1.807, 2.05) is 6.92 Å². The maximum absolute atomic E-state index is 13.1. The highest BCUT2D eigenvalue weighted by Crippen LogP contribution is 2.50. The third kappa shape index (κ3) is 6.61. The molecule has 1 aliphatic carbocycles. The lowest BCUT2D eigenvalue weighted by Crippen LogP contribution is -2.56. The summed E-state index contributed by atoms with van der Waals surface area (Å²) in [4.78, 5) is 13.1. The lowest BCUT2D eigenvalue weighted by molar-refractivity contribution is -0.189. The Morgan fingerprint density at radius 2 is 1.46 bits per heavy atom. The van der Waals surface area contributed by atoms with Crippen LogP contribution in [0.25, 0.3) is 0 Å². The van der Waals surface area contributed by atoms with Gasteiger partial charge >= 0.3 is 0 Å². The Kier molecular flexibility index (Phi) is 10.6. The summed E-state index contributed by atoms with van der Waals surface area (Å²) in [5.74, 6) is 1.45. The van der Waals surface area contributed by atoms with Crippen molar-refractivity contribution in [2.45, 2.75) is 127 Å². The number of Topliss-reactive ketones (excluding diaryl/α,β-unsaturated/α-hetero) is 1. The topological polar surface area (TPSA) is 26.3 Å². The van der Waals surface area contributed by atoms with Crippen molar-refractivity contribution in [1.82, 2.24) is 0 Å². The predicted octanol–water partition coefficient (Wildman–Crippen LogP) is 7.88. The Balaban J connectivity index is 2.01. The predicted molar refractivity (Wildman–Crippen MR) is 120 cm³/mol. The second-order valence-electron chi connectivity index (χ2n) is 9.27. The first-order valence-corrected chi connectivity index (χ1v) is 12.8. The third-order valence-corrected chi connectivity index (χ3v) is 7.74. The smallest absolute Gasteiger partial charge is 0.197 e. The van der Waals surface area contributed by atoms with Gasteiger partial charge in [-0.15, -0.1) is 0 Å². The lowest BCUT2D eigenvalue weighted by atomic mass is 9.64. The molecule has 2 aliphatic heterocycles. The fraction of sp³-hybridized carbons (Fsp3) is 0.958. The number of carbonyl (C=O) groups excluding carboxylic acids is 1. The van der Waals surface area contributed by atoms with E-state index in [1.165, 1.54) is 64.2 Å². The van der Waals surface area contributed by atoms with Gasteiger partial charge in [-0.25, -0.2) is 0 Å². The van der Waals surface area contributed by atoms with Crippen molar-refractivity contribution in [1.29, 1.82) is 0 Å². The molecule has 28 heavy (non-hydrogen) atoms. The third-order valence-electron chi connectivity index (χ3n) is 6.99. The Hall–Kier alpha value is 0.210. The van der Waals surface area contributed by atoms with E-state index < -0.39 is 4.33 Å². The maximum Gasteiger partial charge on any atom is 0.197 e. The summed E-state index contributed by atoms with van der Waals surface area (Å²) in [7, 11) is 0. The highest BCUT2D eigenvalue weighted by Gasteiger charge is 2.53. The molecule has 0 N–H and O–H groups in total. The van der Waals surface area contributed by atoms with Crippen LogP contribution in [0.1, 0.15) is 111 Å². The number of alkyl halides is 2. The quantitative estimate of drug-likeness (QED) is 0.206. The molecule has 2 nitrogen and oxygen atoms in total. The number of hydrogen-bond donors (Lipinski definition) is 0. The summed E-state index contributed by atoms with van der Waals surface area (Å²) in [6.45, 7) is 6.53. The first kappa shape index (κ1) is 24.5. The molecule has 0 aromatic heterocycles. The molecule has 1 saturated carbocycles. The molecule has 3 rings (SSSR count). The molecule has 0 aromatic carbocycles. The summed E-state index contributed by atoms with van der Waals surface area (Å²) in [5.41, 5.74) is 0. The van der Waals surface area contributed by atoms with E-state index in [9.17, 15) is 4.79 Å². The summed E-state index contributed by atoms with van der Waals surface area (Å²) >= 11 is 12.9. The van der Waals surface area contributed by atoms with E-state index in [2.05, 4.69) is 13.8 Å². The van der Waals surface area contributed by atoms with Crippen LogP contribution in [0.2, 0.25) is 0 Å². The minimum atomic E-state index is -1.29. The van der Waals surface area contributed by atoms with E-state index >= 15 is 0 Å². The van der Waals surface area contributed by atoms with Gasteiger partial charge in [0.25, 0.3) is 0 Å². The molecular weight excluding hydrogens is 391 g/mol. The van der Waals surface area contributed by atoms with Crippen LogP contribution >= 0.6 is 23.2 Å². The van der Waals surface area contributed by atoms with Crippen LogP contribution < -0.4 is 0 Å². The van der Waals surface area contributed by atoms with Crippen molar-refractivity contribution in [2.75, 3.05) is 0 Å². The maximum atomic E-state index is 13.1. The molecule has 2 saturated heterocycles. The number of hydrogen-bond acceptors (Lipinski definition) is 2. The number of fused-ring (bicyclic) bond motifs is 3. The van der Waals surface area contributed by atoms with Crippen molar-refractivity contribution < 1.29 is 9.53 Å². The standard InChI is InChI=1S/C24H42Cl2O2/c1-4-7-9-11-13-18-17-21-19(14-12-10-8-5-2)16-20(18)22(28-21)23(27)24(25,26)15-6-3/h18-22H,4-17H2,1-3H3. The second-order valence-corrected chi connectivity index (χ2v) is 10.8. The fourth-order valence-corrected chi connectivity index (χ4v) is 5.98. The van der Waals surface area contributed by atoms with Crippen molar-refractivity contribution in [3.8, 4) is 0 Å². The van der Waals surface area contributed by atoms with Crippen LogP contribution in [0.4, 0.5) is 0 Å². The Morgan fingerprint density at radius 3 is 2.00 bits per heavy atom. The average Bonchev–Trinajstić information content (AvgIpc) is 2.68. The first-order chi connectivity index (χ1) is 13.4. The molecular formula is C24H42Cl2O2. The first-order valence-electron chi connectivity index (χ1n) is 12.0. The molecule has 0 radical (unpaired) electrons. The summed E-state index contributed by atoms with van der Waals surface area (Å²) < 4.78 is 5.10. The summed E-state index contributed by atoms with van der Waals surface area (Å²) in [6, 6.07) is 0. The van der Waals surface area contributed by atoms with Crippen molar-refractivity contribution in [2.24, 2.45) is 17.8 Å². The van der Waals surface area contributed by atoms with Crippen LogP contribution in [0.5, 0.6) is 0 Å². The summed E-state index contributed by atoms with van der Waals surface area (Å²) in [6.07, 6.45) is 16.2. The molecule has 5 atom stereocenters. The van der Waals surface area contributed by atoms with Crippen LogP contribution in [0, 0.1) is 17.8 Å². The van der Waals surface area contributed by atoms with Gasteiger partial charge in [0.05, 0.1) is 6.10 Å². The molecule has 164 valence electrons. The van der Waals surface area contributed by atoms with E-state index in [1.54, 1.807) is 0 Å².